The van der Waals surface area contributed by atoms with E-state index >= 15 is 0 Å². The van der Waals surface area contributed by atoms with Crippen LogP contribution in [0.15, 0.2) is 0 Å². The number of rotatable bonds is 5. The number of nitrogens with one attached hydrogen (secondary N) is 1. The van der Waals surface area contributed by atoms with Gasteiger partial charge in [0.25, 0.3) is 0 Å². The molecule has 0 fully saturated rings. The zero-order chi connectivity index (χ0) is 19.4. The van der Waals surface area contributed by atoms with E-state index in [1.807, 2.05) is 0 Å². The Morgan fingerprint density at radius 3 is 1.88 bits per heavy atom. The van der Waals surface area contributed by atoms with E-state index in [2.05, 4.69) is 5.32 Å². The summed E-state index contributed by atoms with van der Waals surface area (Å²) in [5.41, 5.74) is -3.62. The van der Waals surface area contributed by atoms with Crippen LogP contribution in [-0.2, 0) is 5.21 Å². The highest BCUT2D eigenvalue weighted by Gasteiger charge is 2.43. The molecule has 0 aromatic heterocycles. The molecule has 102 valence electrons. The van der Waals surface area contributed by atoms with E-state index in [0.29, 0.717) is 0 Å². The van der Waals surface area contributed by atoms with E-state index in [0.717, 1.165) is 0 Å². The van der Waals surface area contributed by atoms with Gasteiger partial charge in [0.05, 0.1) is 39.2 Å². The Morgan fingerprint density at radius 2 is 1.44 bits per heavy atom. The average molecular weight is 305 g/mol. The predicted molar refractivity (Wildman–Crippen MR) is 108 cm³/mol. The van der Waals surface area contributed by atoms with Gasteiger partial charge in [-0.25, -0.2) is 0 Å². The van der Waals surface area contributed by atoms with Crippen molar-refractivity contribution in [3.05, 3.63) is 5.56 Å². The molecule has 0 spiro atoms. The van der Waals surface area contributed by atoms with Crippen LogP contribution in [0.5, 0.6) is 11.5 Å². The standard InChI is InChI=1S/C12H7B10NO2/c1-2-10(18,23-9(16)17)11(19,20)3-4(13)6(15)8-7(5(3)14)24-12(21,22)25-8/h9,23H,2H2,1H3/t10-/m1/s1. The molecule has 1 N–H and O–H groups in total. The van der Waals surface area contributed by atoms with Crippen LogP contribution >= 0.6 is 0 Å². The van der Waals surface area contributed by atoms with Gasteiger partial charge >= 0.3 is 0 Å². The molecule has 0 amide bonds. The Kier molecular flexibility index (Phi) is 5.43. The second kappa shape index (κ2) is 6.55. The maximum atomic E-state index is 6.31. The largest absolute Gasteiger partial charge is 0.469 e. The summed E-state index contributed by atoms with van der Waals surface area (Å²) < 4.78 is 10.5. The molecule has 20 radical (unpaired) electrons. The maximum Gasteiger partial charge on any atom is 0.175 e. The van der Waals surface area contributed by atoms with Gasteiger partial charge in [-0.3, -0.25) is 0 Å². The molecule has 0 aliphatic carbocycles. The summed E-state index contributed by atoms with van der Waals surface area (Å²) in [6.45, 7) is 1.72. The van der Waals surface area contributed by atoms with Gasteiger partial charge in [-0.15, -0.1) is 0 Å². The van der Waals surface area contributed by atoms with Gasteiger partial charge in [0.2, 0.25) is 0 Å². The minimum atomic E-state index is -1.97. The van der Waals surface area contributed by atoms with E-state index in [-0.39, 0.29) is 39.9 Å². The van der Waals surface area contributed by atoms with Crippen LogP contribution in [0.25, 0.3) is 0 Å². The molecule has 1 aliphatic rings. The minimum Gasteiger partial charge on any atom is -0.469 e. The molecule has 0 unspecified atom stereocenters. The Balaban J connectivity index is 2.70. The van der Waals surface area contributed by atoms with Crippen molar-refractivity contribution in [2.45, 2.75) is 35.4 Å². The van der Waals surface area contributed by atoms with Gasteiger partial charge in [0, 0.05) is 0 Å². The average Bonchev–Trinajstić information content (AvgIpc) is 2.80. The second-order valence-electron chi connectivity index (χ2n) is 6.06. The van der Waals surface area contributed by atoms with Crippen LogP contribution in [0.1, 0.15) is 18.9 Å². The monoisotopic (exact) mass is 307 g/mol. The van der Waals surface area contributed by atoms with Crippen LogP contribution in [0.2, 0.25) is 0 Å². The molecule has 2 rings (SSSR count). The topological polar surface area (TPSA) is 30.5 Å². The third-order valence-corrected chi connectivity index (χ3v) is 4.18. The van der Waals surface area contributed by atoms with Crippen LogP contribution < -0.4 is 31.2 Å². The van der Waals surface area contributed by atoms with Crippen LogP contribution in [0.3, 0.4) is 0 Å². The first kappa shape index (κ1) is 20.7. The van der Waals surface area contributed by atoms with E-state index in [4.69, 9.17) is 87.9 Å². The van der Waals surface area contributed by atoms with Crippen LogP contribution in [-0.4, -0.2) is 95.3 Å². The zero-order valence-electron chi connectivity index (χ0n) is 13.9. The summed E-state index contributed by atoms with van der Waals surface area (Å²) in [4.78, 5) is 0. The molecule has 1 aliphatic heterocycles. The molecule has 0 bridgehead atoms. The second-order valence-corrected chi connectivity index (χ2v) is 6.06. The highest BCUT2D eigenvalue weighted by molar-refractivity contribution is 6.57. The lowest BCUT2D eigenvalue weighted by Gasteiger charge is -2.50. The van der Waals surface area contributed by atoms with E-state index in [9.17, 15) is 0 Å². The quantitative estimate of drug-likeness (QED) is 0.552. The van der Waals surface area contributed by atoms with Crippen LogP contribution in [0, 0.1) is 0 Å². The number of fused-ring (bicyclic) bond motifs is 1. The summed E-state index contributed by atoms with van der Waals surface area (Å²) in [7, 11) is 59.5. The number of hydrogen-bond acceptors (Lipinski definition) is 3. The molecule has 1 atom stereocenters. The van der Waals surface area contributed by atoms with E-state index in [1.165, 1.54) is 0 Å². The zero-order valence-corrected chi connectivity index (χ0v) is 13.9. The van der Waals surface area contributed by atoms with Gasteiger partial charge < -0.3 is 14.8 Å². The molecule has 1 aromatic carbocycles. The lowest BCUT2D eigenvalue weighted by molar-refractivity contribution is 0.0844. The van der Waals surface area contributed by atoms with Crippen molar-refractivity contribution in [2.24, 2.45) is 0 Å². The lowest BCUT2D eigenvalue weighted by Crippen LogP contribution is -2.67. The molecule has 13 heteroatoms. The van der Waals surface area contributed by atoms with Crippen molar-refractivity contribution in [2.75, 3.05) is 0 Å². The summed E-state index contributed by atoms with van der Waals surface area (Å²) in [6, 6.07) is 0. The first-order valence-electron chi connectivity index (χ1n) is 7.39. The third kappa shape index (κ3) is 3.38. The number of benzene rings is 1. The Hall–Kier alpha value is -0.571. The highest BCUT2D eigenvalue weighted by Crippen LogP contribution is 2.37. The van der Waals surface area contributed by atoms with Crippen LogP contribution in [0.4, 0.5) is 0 Å². The van der Waals surface area contributed by atoms with Gasteiger partial charge in [0.1, 0.15) is 23.5 Å². The first-order chi connectivity index (χ1) is 11.3. The molecule has 1 aromatic rings. The maximum absolute atomic E-state index is 6.31. The Labute approximate surface area is 162 Å². The Morgan fingerprint density at radius 1 is 0.960 bits per heavy atom. The van der Waals surface area contributed by atoms with Crippen molar-refractivity contribution in [1.82, 2.24) is 5.32 Å². The van der Waals surface area contributed by atoms with Gasteiger partial charge in [-0.1, -0.05) is 34.5 Å². The molecule has 1 heterocycles. The number of ether oxygens (including phenoxy) is 2. The van der Waals surface area contributed by atoms with Gasteiger partial charge in [-0.2, -0.15) is 0 Å². The summed E-state index contributed by atoms with van der Waals surface area (Å²) in [5, 5.41) is 0.859. The summed E-state index contributed by atoms with van der Waals surface area (Å²) in [5.74, 6) is -1.06. The summed E-state index contributed by atoms with van der Waals surface area (Å²) >= 11 is 0. The molecule has 25 heavy (non-hydrogen) atoms. The number of hydrogen-bond donors (Lipinski definition) is 1. The minimum absolute atomic E-state index is 0.0119. The van der Waals surface area contributed by atoms with Crippen molar-refractivity contribution >= 4 is 94.9 Å². The van der Waals surface area contributed by atoms with Crippen molar-refractivity contribution < 1.29 is 9.47 Å². The predicted octanol–water partition coefficient (Wildman–Crippen LogP) is -5.24. The molecular weight excluding hydrogens is 298 g/mol. The molecule has 0 saturated heterocycles. The molecule has 3 nitrogen and oxygen atoms in total. The Bertz CT molecular complexity index is 695. The van der Waals surface area contributed by atoms with E-state index in [1.54, 1.807) is 6.92 Å². The van der Waals surface area contributed by atoms with Gasteiger partial charge in [-0.05, 0) is 17.3 Å². The van der Waals surface area contributed by atoms with E-state index < -0.39 is 22.1 Å². The van der Waals surface area contributed by atoms with Crippen molar-refractivity contribution in [1.29, 1.82) is 0 Å². The third-order valence-electron chi connectivity index (χ3n) is 4.18. The fourth-order valence-corrected chi connectivity index (χ4v) is 2.78. The first-order valence-corrected chi connectivity index (χ1v) is 7.39. The van der Waals surface area contributed by atoms with Gasteiger partial charge in [0.15, 0.2) is 32.8 Å². The lowest BCUT2D eigenvalue weighted by atomic mass is 9.34. The molecular formula is C12H7B10NO2. The summed E-state index contributed by atoms with van der Waals surface area (Å²) in [6.07, 6.45) is 0.218. The fourth-order valence-electron chi connectivity index (χ4n) is 2.78. The van der Waals surface area contributed by atoms with Crippen molar-refractivity contribution in [3.8, 4) is 11.5 Å². The highest BCUT2D eigenvalue weighted by atomic mass is 16.7. The smallest absolute Gasteiger partial charge is 0.175 e. The SMILES string of the molecule is [B]c1c([B])c(C([B])([B])[C@@]([B])(CC)NC([B])[B])c([B])c2c1OC([B])([B])O2. The fraction of sp³-hybridized carbons (Fsp3) is 0.500. The van der Waals surface area contributed by atoms with Crippen molar-refractivity contribution in [3.63, 3.8) is 0 Å². The normalized spacial score (nSPS) is 18.2. The molecule has 0 saturated carbocycles.